The van der Waals surface area contributed by atoms with Crippen LogP contribution in [0, 0.1) is 0 Å². The van der Waals surface area contributed by atoms with Gasteiger partial charge >= 0.3 is 128 Å². The van der Waals surface area contributed by atoms with Crippen LogP contribution in [0.1, 0.15) is 51.4 Å². The fourth-order valence-electron chi connectivity index (χ4n) is 4.16. The van der Waals surface area contributed by atoms with E-state index in [2.05, 4.69) is 24.3 Å². The van der Waals surface area contributed by atoms with Crippen molar-refractivity contribution in [2.75, 3.05) is 0 Å². The van der Waals surface area contributed by atoms with Crippen LogP contribution in [0.15, 0.2) is 46.6 Å². The van der Waals surface area contributed by atoms with Crippen molar-refractivity contribution in [2.45, 2.75) is 58.6 Å². The van der Waals surface area contributed by atoms with Crippen LogP contribution in [0.2, 0.25) is 7.25 Å². The topological polar surface area (TPSA) is 0 Å². The Labute approximate surface area is 128 Å². The molecule has 2 atom stereocenters. The molecule has 0 aliphatic heterocycles. The quantitative estimate of drug-likeness (QED) is 0.625. The van der Waals surface area contributed by atoms with Crippen molar-refractivity contribution in [1.82, 2.24) is 0 Å². The van der Waals surface area contributed by atoms with Gasteiger partial charge in [0, 0.05) is 0 Å². The summed E-state index contributed by atoms with van der Waals surface area (Å²) in [7, 11) is 0. The van der Waals surface area contributed by atoms with Gasteiger partial charge in [0.2, 0.25) is 0 Å². The Morgan fingerprint density at radius 2 is 1.16 bits per heavy atom. The number of rotatable bonds is 2. The Balaban J connectivity index is 1.51. The van der Waals surface area contributed by atoms with Crippen molar-refractivity contribution in [3.63, 3.8) is 0 Å². The third kappa shape index (κ3) is 2.33. The first-order valence-electron chi connectivity index (χ1n) is 7.98. The second-order valence-electron chi connectivity index (χ2n) is 6.36. The summed E-state index contributed by atoms with van der Waals surface area (Å²) < 4.78 is 1.87. The van der Waals surface area contributed by atoms with E-state index in [9.17, 15) is 0 Å². The van der Waals surface area contributed by atoms with E-state index in [0.717, 1.165) is 7.25 Å². The maximum absolute atomic E-state index is 2.58. The van der Waals surface area contributed by atoms with E-state index >= 15 is 0 Å². The van der Waals surface area contributed by atoms with Gasteiger partial charge in [-0.2, -0.15) is 0 Å². The minimum atomic E-state index is -0.372. The molecule has 0 aromatic rings. The molecule has 0 aromatic heterocycles. The average Bonchev–Trinajstić information content (AvgIpc) is 3.05. The first-order valence-corrected chi connectivity index (χ1v) is 10.8. The van der Waals surface area contributed by atoms with Crippen molar-refractivity contribution in [3.8, 4) is 0 Å². The molecule has 96 valence electrons. The number of hydrogen-bond acceptors (Lipinski definition) is 0. The van der Waals surface area contributed by atoms with E-state index in [0.29, 0.717) is 0 Å². The van der Waals surface area contributed by atoms with Crippen LogP contribution in [0.5, 0.6) is 0 Å². The van der Waals surface area contributed by atoms with Crippen LogP contribution in [0.4, 0.5) is 0 Å². The zero-order valence-corrected chi connectivity index (χ0v) is 14.1. The predicted octanol–water partition coefficient (Wildman–Crippen LogP) is 5.53. The van der Waals surface area contributed by atoms with Gasteiger partial charge in [0.1, 0.15) is 0 Å². The van der Waals surface area contributed by atoms with Gasteiger partial charge < -0.3 is 0 Å². The van der Waals surface area contributed by atoms with Crippen molar-refractivity contribution < 1.29 is 23.2 Å². The second-order valence-corrected chi connectivity index (χ2v) is 10.2. The summed E-state index contributed by atoms with van der Waals surface area (Å²) in [5.41, 5.74) is 7.21. The van der Waals surface area contributed by atoms with E-state index in [-0.39, 0.29) is 23.2 Å². The second kappa shape index (κ2) is 5.32. The van der Waals surface area contributed by atoms with Crippen molar-refractivity contribution in [1.29, 1.82) is 0 Å². The molecule has 1 heteroatoms. The van der Waals surface area contributed by atoms with E-state index in [1.165, 1.54) is 51.4 Å². The maximum atomic E-state index is 2.58. The van der Waals surface area contributed by atoms with E-state index in [1.807, 2.05) is 11.1 Å². The molecule has 0 saturated carbocycles. The van der Waals surface area contributed by atoms with Crippen LogP contribution in [-0.4, -0.2) is 0 Å². The molecular weight excluding hydrogens is 307 g/mol. The van der Waals surface area contributed by atoms with Crippen molar-refractivity contribution >= 4 is 0 Å². The summed E-state index contributed by atoms with van der Waals surface area (Å²) in [5, 5.41) is 0. The van der Waals surface area contributed by atoms with Gasteiger partial charge in [-0.15, -0.1) is 0 Å². The molecule has 0 spiro atoms. The molecule has 0 fully saturated rings. The van der Waals surface area contributed by atoms with Gasteiger partial charge in [0.15, 0.2) is 0 Å². The van der Waals surface area contributed by atoms with Crippen LogP contribution < -0.4 is 0 Å². The Hall–Kier alpha value is -0.157. The Kier molecular flexibility index (Phi) is 3.52. The first kappa shape index (κ1) is 12.6. The molecule has 0 nitrogen and oxygen atoms in total. The van der Waals surface area contributed by atoms with E-state index in [1.54, 1.807) is 11.1 Å². The van der Waals surface area contributed by atoms with Gasteiger partial charge in [0.05, 0.1) is 0 Å². The fraction of sp³-hybridized carbons (Fsp3) is 0.556. The summed E-state index contributed by atoms with van der Waals surface area (Å²) in [6, 6.07) is 0. The molecule has 2 unspecified atom stereocenters. The molecule has 19 heavy (non-hydrogen) atoms. The van der Waals surface area contributed by atoms with E-state index < -0.39 is 0 Å². The van der Waals surface area contributed by atoms with Gasteiger partial charge in [0.25, 0.3) is 0 Å². The third-order valence-electron chi connectivity index (χ3n) is 5.20. The van der Waals surface area contributed by atoms with Gasteiger partial charge in [-0.25, -0.2) is 0 Å². The molecule has 0 bridgehead atoms. The standard InChI is InChI=1S/2C9H11.Zr/c2*1-2-5-9-7-3-6-8(9)4-1;/h2*3,6-7H,1-2,4-5H2;/q;;+2. The minimum absolute atomic E-state index is 0.372. The van der Waals surface area contributed by atoms with Crippen LogP contribution >= 0.6 is 0 Å². The summed E-state index contributed by atoms with van der Waals surface area (Å²) in [6.45, 7) is 0. The zero-order chi connectivity index (χ0) is 12.7. The summed E-state index contributed by atoms with van der Waals surface area (Å²) in [5.74, 6) is 0. The third-order valence-corrected chi connectivity index (χ3v) is 9.62. The van der Waals surface area contributed by atoms with Crippen molar-refractivity contribution in [3.05, 3.63) is 46.6 Å². The Morgan fingerprint density at radius 3 is 1.68 bits per heavy atom. The number of hydrogen-bond donors (Lipinski definition) is 0. The van der Waals surface area contributed by atoms with Crippen molar-refractivity contribution in [2.24, 2.45) is 0 Å². The SMILES string of the molecule is C1=C[CH]([Zr+2][CH]2C=CC3=C2CCCC3)C2=C1CCCC2. The summed E-state index contributed by atoms with van der Waals surface area (Å²) >= 11 is -0.372. The molecule has 0 N–H and O–H groups in total. The Bertz CT molecular complexity index is 458. The molecule has 0 aromatic carbocycles. The predicted molar refractivity (Wildman–Crippen MR) is 76.8 cm³/mol. The first-order chi connectivity index (χ1) is 9.42. The summed E-state index contributed by atoms with van der Waals surface area (Å²) in [6.07, 6.45) is 21.5. The van der Waals surface area contributed by atoms with Crippen LogP contribution in [-0.2, 0) is 23.2 Å². The number of allylic oxidation sites excluding steroid dienone is 8. The van der Waals surface area contributed by atoms with Gasteiger partial charge in [-0.1, -0.05) is 0 Å². The molecule has 4 rings (SSSR count). The molecule has 4 aliphatic rings. The average molecular weight is 330 g/mol. The molecule has 0 heterocycles. The summed E-state index contributed by atoms with van der Waals surface area (Å²) in [4.78, 5) is 0. The normalized spacial score (nSPS) is 32.6. The zero-order valence-electron chi connectivity index (χ0n) is 11.6. The van der Waals surface area contributed by atoms with Crippen LogP contribution in [0.25, 0.3) is 0 Å². The molecular formula is C18H22Zr+2. The Morgan fingerprint density at radius 1 is 0.684 bits per heavy atom. The van der Waals surface area contributed by atoms with Gasteiger partial charge in [-0.05, 0) is 0 Å². The molecule has 4 aliphatic carbocycles. The van der Waals surface area contributed by atoms with Gasteiger partial charge in [-0.3, -0.25) is 0 Å². The molecule has 0 amide bonds. The monoisotopic (exact) mass is 328 g/mol. The molecule has 0 radical (unpaired) electrons. The van der Waals surface area contributed by atoms with E-state index in [4.69, 9.17) is 0 Å². The van der Waals surface area contributed by atoms with Crippen LogP contribution in [0.3, 0.4) is 0 Å². The fourth-order valence-corrected chi connectivity index (χ4v) is 8.74. The molecule has 0 saturated heterocycles.